The van der Waals surface area contributed by atoms with E-state index >= 15 is 0 Å². The maximum Gasteiger partial charge on any atom is 0.308 e. The van der Waals surface area contributed by atoms with Gasteiger partial charge in [-0.15, -0.1) is 10.2 Å². The van der Waals surface area contributed by atoms with Crippen molar-refractivity contribution in [1.82, 2.24) is 10.2 Å². The van der Waals surface area contributed by atoms with Gasteiger partial charge in [-0.05, 0) is 28.8 Å². The van der Waals surface area contributed by atoms with Crippen molar-refractivity contribution >= 4 is 41.1 Å². The number of benzene rings is 2. The van der Waals surface area contributed by atoms with Gasteiger partial charge in [0.1, 0.15) is 5.01 Å². The number of carbonyl (C=O) groups is 1. The predicted molar refractivity (Wildman–Crippen MR) is 135 cm³/mol. The minimum Gasteiger partial charge on any atom is -0.481 e. The summed E-state index contributed by atoms with van der Waals surface area (Å²) in [6.45, 7) is 9.65. The number of anilines is 1. The topological polar surface area (TPSA) is 75.5 Å². The molecule has 0 radical (unpaired) electrons. The highest BCUT2D eigenvalue weighted by molar-refractivity contribution is 7.15. The Bertz CT molecular complexity index is 1050. The predicted octanol–water partition coefficient (Wildman–Crippen LogP) is 3.70. The van der Waals surface area contributed by atoms with Crippen LogP contribution >= 0.6 is 11.3 Å². The van der Waals surface area contributed by atoms with Gasteiger partial charge in [0, 0.05) is 13.1 Å². The molecule has 1 saturated heterocycles. The van der Waals surface area contributed by atoms with Gasteiger partial charge < -0.3 is 14.4 Å². The largest absolute Gasteiger partial charge is 0.481 e. The molecule has 1 aliphatic heterocycles. The zero-order valence-corrected chi connectivity index (χ0v) is 21.4. The number of aryl methyl sites for hydroxylation is 1. The first kappa shape index (κ1) is 23.6. The molecule has 0 unspecified atom stereocenters. The van der Waals surface area contributed by atoms with Crippen molar-refractivity contribution in [3.63, 3.8) is 0 Å². The van der Waals surface area contributed by atoms with E-state index in [0.717, 1.165) is 10.1 Å². The van der Waals surface area contributed by atoms with E-state index in [0.29, 0.717) is 19.5 Å². The highest BCUT2D eigenvalue weighted by atomic mass is 32.1. The maximum atomic E-state index is 12.1. The molecule has 0 spiro atoms. The van der Waals surface area contributed by atoms with Crippen molar-refractivity contribution in [1.29, 1.82) is 0 Å². The van der Waals surface area contributed by atoms with E-state index in [2.05, 4.69) is 79.5 Å². The number of carboxylic acid groups (broad SMARTS) is 1. The second kappa shape index (κ2) is 9.36. The van der Waals surface area contributed by atoms with Gasteiger partial charge in [0.05, 0.1) is 12.0 Å². The van der Waals surface area contributed by atoms with Gasteiger partial charge in [0.15, 0.2) is 0 Å². The Labute approximate surface area is 200 Å². The van der Waals surface area contributed by atoms with Crippen LogP contribution in [0.2, 0.25) is 5.04 Å². The summed E-state index contributed by atoms with van der Waals surface area (Å²) < 4.78 is 7.24. The van der Waals surface area contributed by atoms with Crippen molar-refractivity contribution in [2.45, 2.75) is 45.3 Å². The first-order valence-corrected chi connectivity index (χ1v) is 14.0. The third-order valence-corrected chi connectivity index (χ3v) is 12.3. The molecule has 1 aromatic heterocycles. The average Bonchev–Trinajstić information content (AvgIpc) is 3.24. The molecule has 1 fully saturated rings. The van der Waals surface area contributed by atoms with Crippen LogP contribution in [0.25, 0.3) is 0 Å². The molecule has 2 atom stereocenters. The number of carboxylic acids is 1. The maximum absolute atomic E-state index is 12.1. The Balaban J connectivity index is 1.78. The van der Waals surface area contributed by atoms with Crippen molar-refractivity contribution in [2.24, 2.45) is 5.92 Å². The molecule has 4 rings (SSSR count). The first-order chi connectivity index (χ1) is 15.7. The zero-order valence-electron chi connectivity index (χ0n) is 19.6. The first-order valence-electron chi connectivity index (χ1n) is 11.3. The Morgan fingerprint density at radius 3 is 2.06 bits per heavy atom. The Morgan fingerprint density at radius 2 is 1.61 bits per heavy atom. The fraction of sp³-hybridized carbons (Fsp3) is 0.400. The molecule has 0 amide bonds. The van der Waals surface area contributed by atoms with Gasteiger partial charge in [-0.3, -0.25) is 4.79 Å². The van der Waals surface area contributed by atoms with Crippen LogP contribution in [-0.4, -0.2) is 48.8 Å². The van der Waals surface area contributed by atoms with Gasteiger partial charge >= 0.3 is 5.97 Å². The molecule has 1 N–H and O–H groups in total. The van der Waals surface area contributed by atoms with Crippen LogP contribution in [0.4, 0.5) is 5.13 Å². The number of rotatable bonds is 6. The summed E-state index contributed by atoms with van der Waals surface area (Å²) in [5.74, 6) is -1.32. The quantitative estimate of drug-likeness (QED) is 0.541. The van der Waals surface area contributed by atoms with E-state index in [1.54, 1.807) is 0 Å². The van der Waals surface area contributed by atoms with Crippen LogP contribution in [0.15, 0.2) is 60.7 Å². The van der Waals surface area contributed by atoms with Crippen LogP contribution in [0.3, 0.4) is 0 Å². The second-order valence-electron chi connectivity index (χ2n) is 9.68. The molecular formula is C25H31N3O3SSi. The standard InChI is InChI=1S/C25H31N3O3SSi/c1-18-26-27-24(32-18)28-16-19(23(29)30)15-20(17-28)31-33(25(2,3)4,21-11-7-5-8-12-21)22-13-9-6-10-14-22/h5-14,19-20H,15-17H2,1-4H3,(H,29,30)/t19-,20+/m0/s1. The molecule has 0 saturated carbocycles. The fourth-order valence-electron chi connectivity index (χ4n) is 4.83. The Kier molecular flexibility index (Phi) is 6.70. The molecule has 1 aliphatic rings. The molecule has 174 valence electrons. The van der Waals surface area contributed by atoms with Crippen LogP contribution in [0, 0.1) is 12.8 Å². The summed E-state index contributed by atoms with van der Waals surface area (Å²) in [5, 5.41) is 22.2. The van der Waals surface area contributed by atoms with E-state index in [-0.39, 0.29) is 11.1 Å². The Morgan fingerprint density at radius 1 is 1.03 bits per heavy atom. The molecule has 2 aromatic carbocycles. The number of hydrogen-bond donors (Lipinski definition) is 1. The molecular weight excluding hydrogens is 450 g/mol. The average molecular weight is 482 g/mol. The summed E-state index contributed by atoms with van der Waals surface area (Å²) in [7, 11) is -2.78. The molecule has 0 bridgehead atoms. The molecule has 0 aliphatic carbocycles. The van der Waals surface area contributed by atoms with Crippen molar-refractivity contribution < 1.29 is 14.3 Å². The lowest BCUT2D eigenvalue weighted by Crippen LogP contribution is -2.69. The summed E-state index contributed by atoms with van der Waals surface area (Å²) >= 11 is 1.49. The normalized spacial score (nSPS) is 19.5. The van der Waals surface area contributed by atoms with E-state index in [1.165, 1.54) is 21.7 Å². The highest BCUT2D eigenvalue weighted by Crippen LogP contribution is 2.39. The smallest absolute Gasteiger partial charge is 0.308 e. The minimum atomic E-state index is -2.78. The van der Waals surface area contributed by atoms with Gasteiger partial charge in [-0.2, -0.15) is 0 Å². The molecule has 2 heterocycles. The number of hydrogen-bond acceptors (Lipinski definition) is 6. The van der Waals surface area contributed by atoms with E-state index in [4.69, 9.17) is 4.43 Å². The highest BCUT2D eigenvalue weighted by Gasteiger charge is 2.52. The molecule has 8 heteroatoms. The lowest BCUT2D eigenvalue weighted by atomic mass is 9.96. The third-order valence-electron chi connectivity index (χ3n) is 6.31. The fourth-order valence-corrected chi connectivity index (χ4v) is 10.2. The van der Waals surface area contributed by atoms with Crippen LogP contribution in [-0.2, 0) is 9.22 Å². The molecule has 3 aromatic rings. The molecule has 33 heavy (non-hydrogen) atoms. The number of nitrogens with zero attached hydrogens (tertiary/aromatic N) is 3. The van der Waals surface area contributed by atoms with Crippen molar-refractivity contribution in [3.8, 4) is 0 Å². The van der Waals surface area contributed by atoms with E-state index in [9.17, 15) is 9.90 Å². The van der Waals surface area contributed by atoms with Gasteiger partial charge in [-0.25, -0.2) is 0 Å². The van der Waals surface area contributed by atoms with Gasteiger partial charge in [0.25, 0.3) is 8.32 Å². The van der Waals surface area contributed by atoms with Crippen LogP contribution in [0.5, 0.6) is 0 Å². The molecule has 6 nitrogen and oxygen atoms in total. The number of piperidine rings is 1. The number of aromatic nitrogens is 2. The summed E-state index contributed by atoms with van der Waals surface area (Å²) in [4.78, 5) is 14.1. The summed E-state index contributed by atoms with van der Waals surface area (Å²) in [6, 6.07) is 20.9. The minimum absolute atomic E-state index is 0.171. The van der Waals surface area contributed by atoms with Crippen LogP contribution in [0.1, 0.15) is 32.2 Å². The lowest BCUT2D eigenvalue weighted by molar-refractivity contribution is -0.142. The number of aliphatic carboxylic acids is 1. The zero-order chi connectivity index (χ0) is 23.6. The lowest BCUT2D eigenvalue weighted by Gasteiger charge is -2.47. The van der Waals surface area contributed by atoms with Gasteiger partial charge in [0.2, 0.25) is 5.13 Å². The van der Waals surface area contributed by atoms with E-state index in [1.807, 2.05) is 24.0 Å². The summed E-state index contributed by atoms with van der Waals surface area (Å²) in [6.07, 6.45) is 0.240. The SMILES string of the molecule is Cc1nnc(N2C[C@H](O[Si](c3ccccc3)(c3ccccc3)C(C)(C)C)C[C@H](C(=O)O)C2)s1. The summed E-state index contributed by atoms with van der Waals surface area (Å²) in [5.41, 5.74) is 0. The van der Waals surface area contributed by atoms with Crippen molar-refractivity contribution in [2.75, 3.05) is 18.0 Å². The van der Waals surface area contributed by atoms with Crippen LogP contribution < -0.4 is 15.3 Å². The third kappa shape index (κ3) is 4.73. The van der Waals surface area contributed by atoms with Crippen molar-refractivity contribution in [3.05, 3.63) is 65.7 Å². The Hall–Kier alpha value is -2.55. The second-order valence-corrected chi connectivity index (χ2v) is 15.1. The van der Waals surface area contributed by atoms with Gasteiger partial charge in [-0.1, -0.05) is 92.8 Å². The van der Waals surface area contributed by atoms with E-state index < -0.39 is 20.2 Å². The monoisotopic (exact) mass is 481 g/mol.